The van der Waals surface area contributed by atoms with Crippen LogP contribution in [-0.2, 0) is 26.1 Å². The average Bonchev–Trinajstić information content (AvgIpc) is 3.01. The maximum absolute atomic E-state index is 13.9. The largest absolute Gasteiger partial charge is 0.444 e. The molecule has 11 nitrogen and oxygen atoms in total. The molecule has 0 saturated heterocycles. The van der Waals surface area contributed by atoms with Crippen molar-refractivity contribution in [3.63, 3.8) is 0 Å². The van der Waals surface area contributed by atoms with E-state index >= 15 is 0 Å². The van der Waals surface area contributed by atoms with Gasteiger partial charge < -0.3 is 19.1 Å². The molecule has 298 valence electrons. The third-order valence-corrected chi connectivity index (χ3v) is 8.12. The maximum Gasteiger partial charge on any atom is 0.414 e. The fourth-order valence-electron chi connectivity index (χ4n) is 5.31. The summed E-state index contributed by atoms with van der Waals surface area (Å²) in [7, 11) is 0. The summed E-state index contributed by atoms with van der Waals surface area (Å²) in [6.45, 7) is 25.4. The van der Waals surface area contributed by atoms with Gasteiger partial charge in [-0.25, -0.2) is 19.4 Å². The van der Waals surface area contributed by atoms with E-state index in [1.807, 2.05) is 24.0 Å². The summed E-state index contributed by atoms with van der Waals surface area (Å²) in [5.74, 6) is -0.666. The second kappa shape index (κ2) is 17.7. The highest BCUT2D eigenvalue weighted by molar-refractivity contribution is 6.31. The predicted octanol–water partition coefficient (Wildman–Crippen LogP) is 10.1. The number of carbonyl (C=O) groups is 4. The number of halogens is 1. The Morgan fingerprint density at radius 1 is 0.764 bits per heavy atom. The Labute approximate surface area is 331 Å². The number of nitrogens with zero attached hydrogens (tertiary/aromatic N) is 2. The molecule has 0 radical (unpaired) electrons. The molecular weight excluding hydrogens is 720 g/mol. The monoisotopic (exact) mass is 776 g/mol. The van der Waals surface area contributed by atoms with E-state index in [0.29, 0.717) is 17.3 Å². The van der Waals surface area contributed by atoms with Crippen LogP contribution in [0.1, 0.15) is 123 Å². The second-order valence-corrected chi connectivity index (χ2v) is 18.1. The van der Waals surface area contributed by atoms with E-state index in [1.54, 1.807) is 59.7 Å². The number of benzene rings is 3. The van der Waals surface area contributed by atoms with Gasteiger partial charge in [-0.2, -0.15) is 0 Å². The summed E-state index contributed by atoms with van der Waals surface area (Å²) in [5, 5.41) is 5.19. The first kappa shape index (κ1) is 44.5. The Hall–Kier alpha value is -4.90. The lowest BCUT2D eigenvalue weighted by atomic mass is 9.86. The van der Waals surface area contributed by atoms with Gasteiger partial charge in [0.05, 0.1) is 23.7 Å². The molecule has 0 heterocycles. The zero-order chi connectivity index (χ0) is 41.5. The average molecular weight is 777 g/mol. The van der Waals surface area contributed by atoms with Crippen LogP contribution in [0, 0.1) is 5.41 Å². The van der Waals surface area contributed by atoms with Crippen molar-refractivity contribution in [1.29, 1.82) is 0 Å². The molecule has 0 fully saturated rings. The summed E-state index contributed by atoms with van der Waals surface area (Å²) < 4.78 is 16.2. The summed E-state index contributed by atoms with van der Waals surface area (Å²) in [6, 6.07) is 18.8. The second-order valence-electron chi connectivity index (χ2n) is 17.7. The van der Waals surface area contributed by atoms with Gasteiger partial charge >= 0.3 is 18.2 Å². The Bertz CT molecular complexity index is 1850. The van der Waals surface area contributed by atoms with E-state index in [0.717, 1.165) is 11.1 Å². The maximum atomic E-state index is 13.9. The van der Waals surface area contributed by atoms with Gasteiger partial charge in [0.2, 0.25) is 11.9 Å². The highest BCUT2D eigenvalue weighted by atomic mass is 35.5. The summed E-state index contributed by atoms with van der Waals surface area (Å²) in [4.78, 5) is 58.1. The number of guanidine groups is 1. The molecule has 55 heavy (non-hydrogen) atoms. The van der Waals surface area contributed by atoms with Crippen LogP contribution in [0.15, 0.2) is 71.7 Å². The molecule has 0 saturated carbocycles. The molecule has 0 aromatic heterocycles. The van der Waals surface area contributed by atoms with E-state index in [-0.39, 0.29) is 46.5 Å². The first-order valence-electron chi connectivity index (χ1n) is 18.3. The molecule has 0 aliphatic heterocycles. The van der Waals surface area contributed by atoms with Crippen LogP contribution in [0.25, 0.3) is 0 Å². The molecule has 2 N–H and O–H groups in total. The normalized spacial score (nSPS) is 12.5. The van der Waals surface area contributed by atoms with Crippen LogP contribution >= 0.6 is 11.6 Å². The Morgan fingerprint density at radius 3 is 1.82 bits per heavy atom. The number of alkyl carbamates (subject to hydrolysis) is 2. The minimum absolute atomic E-state index is 0.0128. The third-order valence-electron chi connectivity index (χ3n) is 7.80. The fraction of sp³-hybridized carbons (Fsp3) is 0.465. The molecule has 0 bridgehead atoms. The highest BCUT2D eigenvalue weighted by Gasteiger charge is 2.29. The van der Waals surface area contributed by atoms with Gasteiger partial charge in [-0.1, -0.05) is 83.5 Å². The van der Waals surface area contributed by atoms with E-state index in [4.69, 9.17) is 25.8 Å². The number of amides is 3. The number of hydrogen-bond acceptors (Lipinski definition) is 8. The van der Waals surface area contributed by atoms with E-state index < -0.39 is 29.4 Å². The fourth-order valence-corrected chi connectivity index (χ4v) is 5.64. The van der Waals surface area contributed by atoms with Crippen LogP contribution in [-0.4, -0.2) is 52.7 Å². The minimum atomic E-state index is -0.836. The molecule has 3 aromatic rings. The smallest absolute Gasteiger partial charge is 0.414 e. The van der Waals surface area contributed by atoms with Crippen molar-refractivity contribution in [3.8, 4) is 5.75 Å². The summed E-state index contributed by atoms with van der Waals surface area (Å²) in [6.07, 6.45) is -1.42. The molecule has 1 atom stereocenters. The molecule has 3 amide bonds. The number of esters is 1. The lowest BCUT2D eigenvalue weighted by Gasteiger charge is -2.35. The van der Waals surface area contributed by atoms with Crippen molar-refractivity contribution in [3.05, 3.63) is 94.0 Å². The van der Waals surface area contributed by atoms with Crippen molar-refractivity contribution < 1.29 is 33.4 Å². The van der Waals surface area contributed by atoms with Gasteiger partial charge in [0.15, 0.2) is 0 Å². The lowest BCUT2D eigenvalue weighted by Crippen LogP contribution is -2.47. The molecule has 12 heteroatoms. The standard InChI is InChI=1S/C43H57ClN4O7/c1-27(48(26-40(2,3)4)35(49)24-28-15-14-16-30(23-28)41(5,6)7)33-22-21-32(25-34(33)44)53-36(50)29-17-19-31(20-18-29)45-37(46-38(51)54-42(8,9)10)47-39(52)55-43(11,12)13/h14-23,25,27H,24,26H2,1-13H3,(H2,45,46,47,51,52). The van der Waals surface area contributed by atoms with Crippen molar-refractivity contribution >= 4 is 47.3 Å². The number of nitrogens with one attached hydrogen (secondary N) is 2. The van der Waals surface area contributed by atoms with Crippen molar-refractivity contribution in [2.24, 2.45) is 10.4 Å². The number of carbonyl (C=O) groups excluding carboxylic acids is 4. The van der Waals surface area contributed by atoms with Crippen molar-refractivity contribution in [2.75, 3.05) is 6.54 Å². The molecule has 3 aromatic carbocycles. The number of rotatable bonds is 8. The molecular formula is C43H57ClN4O7. The third kappa shape index (κ3) is 15.0. The van der Waals surface area contributed by atoms with Gasteiger partial charge in [0, 0.05) is 11.6 Å². The van der Waals surface area contributed by atoms with Gasteiger partial charge in [0.25, 0.3) is 0 Å². The van der Waals surface area contributed by atoms with Crippen LogP contribution in [0.4, 0.5) is 15.3 Å². The topological polar surface area (TPSA) is 136 Å². The molecule has 0 aliphatic rings. The first-order chi connectivity index (χ1) is 25.2. The Kier molecular flexibility index (Phi) is 14.3. The molecule has 0 spiro atoms. The predicted molar refractivity (Wildman–Crippen MR) is 217 cm³/mol. The first-order valence-corrected chi connectivity index (χ1v) is 18.7. The van der Waals surface area contributed by atoms with Gasteiger partial charge in [-0.3, -0.25) is 15.4 Å². The van der Waals surface area contributed by atoms with Gasteiger partial charge in [-0.05, 0) is 112 Å². The quantitative estimate of drug-likeness (QED) is 0.101. The van der Waals surface area contributed by atoms with Gasteiger partial charge in [-0.15, -0.1) is 0 Å². The van der Waals surface area contributed by atoms with Crippen LogP contribution < -0.4 is 15.4 Å². The number of aliphatic imine (C=N–C) groups is 1. The number of ether oxygens (including phenoxy) is 3. The van der Waals surface area contributed by atoms with E-state index in [2.05, 4.69) is 69.3 Å². The summed E-state index contributed by atoms with van der Waals surface area (Å²) >= 11 is 6.80. The molecule has 1 unspecified atom stereocenters. The molecule has 3 rings (SSSR count). The molecule has 0 aliphatic carbocycles. The van der Waals surface area contributed by atoms with E-state index in [9.17, 15) is 19.2 Å². The Balaban J connectivity index is 1.78. The van der Waals surface area contributed by atoms with Crippen LogP contribution in [0.2, 0.25) is 5.02 Å². The zero-order valence-corrected chi connectivity index (χ0v) is 35.2. The van der Waals surface area contributed by atoms with E-state index in [1.165, 1.54) is 29.8 Å². The highest BCUT2D eigenvalue weighted by Crippen LogP contribution is 2.34. The minimum Gasteiger partial charge on any atom is -0.444 e. The van der Waals surface area contributed by atoms with Gasteiger partial charge in [0.1, 0.15) is 17.0 Å². The summed E-state index contributed by atoms with van der Waals surface area (Å²) in [5.41, 5.74) is 1.55. The zero-order valence-electron chi connectivity index (χ0n) is 34.5. The number of hydrogen-bond donors (Lipinski definition) is 2. The van der Waals surface area contributed by atoms with Crippen LogP contribution in [0.3, 0.4) is 0 Å². The van der Waals surface area contributed by atoms with Crippen molar-refractivity contribution in [1.82, 2.24) is 15.5 Å². The van der Waals surface area contributed by atoms with Crippen molar-refractivity contribution in [2.45, 2.75) is 119 Å². The van der Waals surface area contributed by atoms with Crippen LogP contribution in [0.5, 0.6) is 5.75 Å². The lowest BCUT2D eigenvalue weighted by molar-refractivity contribution is -0.134. The Morgan fingerprint density at radius 2 is 1.33 bits per heavy atom. The SMILES string of the molecule is CC(c1ccc(OC(=O)c2ccc(N=C(NC(=O)OC(C)(C)C)NC(=O)OC(C)(C)C)cc2)cc1Cl)N(CC(C)(C)C)C(=O)Cc1cccc(C(C)(C)C)c1.